The summed E-state index contributed by atoms with van der Waals surface area (Å²) in [7, 11) is -2.96. The molecule has 0 bridgehead atoms. The number of carbonyl (C=O) groups is 2. The molecule has 0 saturated carbocycles. The molecular weight excluding hydrogens is 370 g/mol. The Kier molecular flexibility index (Phi) is 5.48. The van der Waals surface area contributed by atoms with Crippen LogP contribution in [0.1, 0.15) is 34.1 Å². The minimum atomic E-state index is -2.96. The van der Waals surface area contributed by atoms with Crippen molar-refractivity contribution in [1.82, 2.24) is 0 Å². The second-order valence-electron chi connectivity index (χ2n) is 6.23. The van der Waals surface area contributed by atoms with Crippen LogP contribution in [-0.4, -0.2) is 36.9 Å². The van der Waals surface area contributed by atoms with Gasteiger partial charge in [0.1, 0.15) is 0 Å². The molecule has 0 aliphatic carbocycles. The summed E-state index contributed by atoms with van der Waals surface area (Å²) in [6.07, 6.45) is 0.607. The summed E-state index contributed by atoms with van der Waals surface area (Å²) < 4.78 is 23.3. The van der Waals surface area contributed by atoms with E-state index in [0.29, 0.717) is 23.2 Å². The largest absolute Gasteiger partial charge is 0.322 e. The molecule has 2 aromatic rings. The van der Waals surface area contributed by atoms with E-state index in [9.17, 15) is 18.0 Å². The van der Waals surface area contributed by atoms with Crippen LogP contribution in [0.2, 0.25) is 0 Å². The smallest absolute Gasteiger partial charge is 0.256 e. The van der Waals surface area contributed by atoms with Gasteiger partial charge < -0.3 is 5.32 Å². The predicted octanol–water partition coefficient (Wildman–Crippen LogP) is 3.42. The number of Topliss-reactive ketones (excluding diaryl/α,β-unsaturated/α-hetero) is 1. The molecule has 0 spiro atoms. The lowest BCUT2D eigenvalue weighted by Gasteiger charge is -2.13. The zero-order chi connectivity index (χ0) is 18.7. The lowest BCUT2D eigenvalue weighted by atomic mass is 10.1. The number of anilines is 1. The van der Waals surface area contributed by atoms with Crippen LogP contribution < -0.4 is 5.32 Å². The number of carbonyl (C=O) groups excluding carboxylic acids is 2. The molecule has 7 heteroatoms. The summed E-state index contributed by atoms with van der Waals surface area (Å²) in [5.74, 6) is 0.0717. The second-order valence-corrected chi connectivity index (χ2v) is 9.80. The van der Waals surface area contributed by atoms with Gasteiger partial charge >= 0.3 is 0 Å². The molecule has 136 valence electrons. The number of thioether (sulfide) groups is 1. The molecule has 1 atom stereocenters. The first-order valence-electron chi connectivity index (χ1n) is 8.22. The summed E-state index contributed by atoms with van der Waals surface area (Å²) in [5.41, 5.74) is 1.70. The van der Waals surface area contributed by atoms with Crippen LogP contribution in [-0.2, 0) is 9.84 Å². The number of benzene rings is 2. The molecule has 1 amide bonds. The normalized spacial score (nSPS) is 18.4. The van der Waals surface area contributed by atoms with Crippen LogP contribution in [0, 0.1) is 0 Å². The minimum Gasteiger partial charge on any atom is -0.322 e. The van der Waals surface area contributed by atoms with Gasteiger partial charge in [-0.25, -0.2) is 8.42 Å². The standard InChI is InChI=1S/C19H19NO4S2/c1-13(21)14-6-8-15(9-7-14)20-19(22)17-4-2-3-5-18(17)25-16-10-11-26(23,24)12-16/h2-9,16H,10-12H2,1H3,(H,20,22). The van der Waals surface area contributed by atoms with Gasteiger partial charge in [-0.1, -0.05) is 12.1 Å². The van der Waals surface area contributed by atoms with E-state index in [1.54, 1.807) is 36.4 Å². The Hall–Kier alpha value is -2.12. The zero-order valence-corrected chi connectivity index (χ0v) is 15.9. The Morgan fingerprint density at radius 2 is 1.77 bits per heavy atom. The number of hydrogen-bond donors (Lipinski definition) is 1. The Balaban J connectivity index is 1.74. The molecule has 1 aliphatic heterocycles. The van der Waals surface area contributed by atoms with E-state index in [4.69, 9.17) is 0 Å². The topological polar surface area (TPSA) is 80.3 Å². The van der Waals surface area contributed by atoms with E-state index in [0.717, 1.165) is 4.90 Å². The van der Waals surface area contributed by atoms with Gasteiger partial charge in [-0.05, 0) is 49.7 Å². The van der Waals surface area contributed by atoms with Gasteiger partial charge in [0, 0.05) is 21.4 Å². The van der Waals surface area contributed by atoms with E-state index < -0.39 is 9.84 Å². The fourth-order valence-corrected chi connectivity index (χ4v) is 6.40. The highest BCUT2D eigenvalue weighted by Gasteiger charge is 2.29. The number of nitrogens with one attached hydrogen (secondary N) is 1. The highest BCUT2D eigenvalue weighted by molar-refractivity contribution is 8.02. The second kappa shape index (κ2) is 7.63. The average Bonchev–Trinajstić information content (AvgIpc) is 2.94. The number of amides is 1. The molecular formula is C19H19NO4S2. The summed E-state index contributed by atoms with van der Waals surface area (Å²) in [5, 5.41) is 2.80. The molecule has 1 heterocycles. The van der Waals surface area contributed by atoms with Crippen molar-refractivity contribution in [2.24, 2.45) is 0 Å². The Bertz CT molecular complexity index is 936. The molecule has 26 heavy (non-hydrogen) atoms. The van der Waals surface area contributed by atoms with Crippen molar-refractivity contribution >= 4 is 39.0 Å². The number of sulfone groups is 1. The third-order valence-corrected chi connectivity index (χ3v) is 7.49. The van der Waals surface area contributed by atoms with Crippen LogP contribution in [0.5, 0.6) is 0 Å². The molecule has 1 saturated heterocycles. The summed E-state index contributed by atoms with van der Waals surface area (Å²) in [4.78, 5) is 24.7. The van der Waals surface area contributed by atoms with Gasteiger partial charge in [0.05, 0.1) is 17.1 Å². The van der Waals surface area contributed by atoms with Crippen LogP contribution >= 0.6 is 11.8 Å². The van der Waals surface area contributed by atoms with Gasteiger partial charge in [-0.15, -0.1) is 11.8 Å². The highest BCUT2D eigenvalue weighted by Crippen LogP contribution is 2.33. The average molecular weight is 389 g/mol. The van der Waals surface area contributed by atoms with E-state index in [2.05, 4.69) is 5.32 Å². The van der Waals surface area contributed by atoms with Crippen molar-refractivity contribution in [3.63, 3.8) is 0 Å². The van der Waals surface area contributed by atoms with Crippen LogP contribution in [0.15, 0.2) is 53.4 Å². The summed E-state index contributed by atoms with van der Waals surface area (Å²) >= 11 is 1.44. The van der Waals surface area contributed by atoms with Crippen LogP contribution in [0.3, 0.4) is 0 Å². The molecule has 3 rings (SSSR count). The molecule has 0 radical (unpaired) electrons. The van der Waals surface area contributed by atoms with Crippen LogP contribution in [0.25, 0.3) is 0 Å². The zero-order valence-electron chi connectivity index (χ0n) is 14.3. The summed E-state index contributed by atoms with van der Waals surface area (Å²) in [6, 6.07) is 13.9. The third-order valence-electron chi connectivity index (χ3n) is 4.17. The fourth-order valence-electron chi connectivity index (χ4n) is 2.78. The van der Waals surface area contributed by atoms with Gasteiger partial charge in [0.2, 0.25) is 0 Å². The maximum atomic E-state index is 12.6. The van der Waals surface area contributed by atoms with E-state index in [-0.39, 0.29) is 28.4 Å². The molecule has 5 nitrogen and oxygen atoms in total. The Morgan fingerprint density at radius 3 is 2.38 bits per heavy atom. The first-order chi connectivity index (χ1) is 12.3. The number of ketones is 1. The van der Waals surface area contributed by atoms with Crippen molar-refractivity contribution < 1.29 is 18.0 Å². The van der Waals surface area contributed by atoms with Crippen molar-refractivity contribution in [3.8, 4) is 0 Å². The van der Waals surface area contributed by atoms with Crippen molar-refractivity contribution in [2.75, 3.05) is 16.8 Å². The van der Waals surface area contributed by atoms with Gasteiger partial charge in [-0.3, -0.25) is 9.59 Å². The van der Waals surface area contributed by atoms with E-state index >= 15 is 0 Å². The Labute approximate surface area is 157 Å². The van der Waals surface area contributed by atoms with Gasteiger partial charge in [0.25, 0.3) is 5.91 Å². The first-order valence-corrected chi connectivity index (χ1v) is 10.9. The predicted molar refractivity (Wildman–Crippen MR) is 104 cm³/mol. The Morgan fingerprint density at radius 1 is 1.08 bits per heavy atom. The maximum Gasteiger partial charge on any atom is 0.256 e. The quantitative estimate of drug-likeness (QED) is 0.793. The SMILES string of the molecule is CC(=O)c1ccc(NC(=O)c2ccccc2SC2CCS(=O)(=O)C2)cc1. The van der Waals surface area contributed by atoms with Crippen molar-refractivity contribution in [3.05, 3.63) is 59.7 Å². The molecule has 1 unspecified atom stereocenters. The van der Waals surface area contributed by atoms with Gasteiger partial charge in [-0.2, -0.15) is 0 Å². The van der Waals surface area contributed by atoms with Crippen LogP contribution in [0.4, 0.5) is 5.69 Å². The molecule has 1 N–H and O–H groups in total. The number of hydrogen-bond acceptors (Lipinski definition) is 5. The monoisotopic (exact) mass is 389 g/mol. The lowest BCUT2D eigenvalue weighted by Crippen LogP contribution is -2.14. The lowest BCUT2D eigenvalue weighted by molar-refractivity contribution is 0.101. The molecule has 0 aromatic heterocycles. The minimum absolute atomic E-state index is 0.0243. The van der Waals surface area contributed by atoms with Crippen molar-refractivity contribution in [2.45, 2.75) is 23.5 Å². The van der Waals surface area contributed by atoms with E-state index in [1.807, 2.05) is 12.1 Å². The third kappa shape index (κ3) is 4.53. The highest BCUT2D eigenvalue weighted by atomic mass is 32.2. The fraction of sp³-hybridized carbons (Fsp3) is 0.263. The maximum absolute atomic E-state index is 12.6. The van der Waals surface area contributed by atoms with Gasteiger partial charge in [0.15, 0.2) is 15.6 Å². The molecule has 2 aromatic carbocycles. The van der Waals surface area contributed by atoms with Crippen molar-refractivity contribution in [1.29, 1.82) is 0 Å². The summed E-state index contributed by atoms with van der Waals surface area (Å²) in [6.45, 7) is 1.49. The molecule has 1 fully saturated rings. The van der Waals surface area contributed by atoms with E-state index in [1.165, 1.54) is 18.7 Å². The number of rotatable bonds is 5. The first kappa shape index (κ1) is 18.7. The molecule has 1 aliphatic rings.